The number of aryl methyl sites for hydroxylation is 1. The molecule has 22 heavy (non-hydrogen) atoms. The van der Waals surface area contributed by atoms with Gasteiger partial charge in [-0.15, -0.1) is 0 Å². The van der Waals surface area contributed by atoms with E-state index >= 15 is 0 Å². The average molecular weight is 298 g/mol. The Morgan fingerprint density at radius 3 is 2.14 bits per heavy atom. The second kappa shape index (κ2) is 7.83. The topological polar surface area (TPSA) is 78.4 Å². The van der Waals surface area contributed by atoms with Crippen molar-refractivity contribution in [3.63, 3.8) is 0 Å². The first-order valence-electron chi connectivity index (χ1n) is 7.04. The van der Waals surface area contributed by atoms with E-state index in [1.165, 1.54) is 0 Å². The Bertz CT molecular complexity index is 614. The first-order valence-corrected chi connectivity index (χ1v) is 7.04. The third-order valence-electron chi connectivity index (χ3n) is 3.20. The van der Waals surface area contributed by atoms with Gasteiger partial charge in [0, 0.05) is 5.69 Å². The quantitative estimate of drug-likeness (QED) is 0.767. The van der Waals surface area contributed by atoms with E-state index in [-0.39, 0.29) is 0 Å². The summed E-state index contributed by atoms with van der Waals surface area (Å²) in [6, 6.07) is 17.0. The number of amides is 2. The average Bonchev–Trinajstić information content (AvgIpc) is 2.53. The van der Waals surface area contributed by atoms with Gasteiger partial charge in [0.05, 0.1) is 0 Å². The molecule has 114 valence electrons. The van der Waals surface area contributed by atoms with Crippen LogP contribution in [0.5, 0.6) is 0 Å². The van der Waals surface area contributed by atoms with Gasteiger partial charge in [-0.05, 0) is 30.5 Å². The number of carboxylic acid groups (broad SMARTS) is 1. The van der Waals surface area contributed by atoms with Gasteiger partial charge in [0.2, 0.25) is 0 Å². The van der Waals surface area contributed by atoms with Crippen molar-refractivity contribution in [3.8, 4) is 0 Å². The number of carbonyl (C=O) groups is 2. The Morgan fingerprint density at radius 2 is 1.55 bits per heavy atom. The third-order valence-corrected chi connectivity index (χ3v) is 3.20. The zero-order chi connectivity index (χ0) is 15.8. The maximum Gasteiger partial charge on any atom is 0.326 e. The van der Waals surface area contributed by atoms with E-state index in [1.807, 2.05) is 36.4 Å². The fourth-order valence-corrected chi connectivity index (χ4v) is 2.06. The predicted octanol–water partition coefficient (Wildman–Crippen LogP) is 2.89. The van der Waals surface area contributed by atoms with Crippen molar-refractivity contribution >= 4 is 17.7 Å². The number of aliphatic carboxylic acids is 1. The van der Waals surface area contributed by atoms with E-state index in [4.69, 9.17) is 0 Å². The summed E-state index contributed by atoms with van der Waals surface area (Å²) in [4.78, 5) is 23.1. The first kappa shape index (κ1) is 15.6. The molecule has 0 aliphatic rings. The number of urea groups is 1. The molecule has 5 nitrogen and oxygen atoms in total. The molecular formula is C17H18N2O3. The van der Waals surface area contributed by atoms with Crippen molar-refractivity contribution in [2.24, 2.45) is 0 Å². The molecule has 3 N–H and O–H groups in total. The molecule has 0 aromatic heterocycles. The molecule has 0 aliphatic heterocycles. The van der Waals surface area contributed by atoms with Crippen molar-refractivity contribution in [1.82, 2.24) is 5.32 Å². The van der Waals surface area contributed by atoms with Crippen LogP contribution in [0.4, 0.5) is 10.5 Å². The maximum atomic E-state index is 11.9. The summed E-state index contributed by atoms with van der Waals surface area (Å²) in [7, 11) is 0. The zero-order valence-corrected chi connectivity index (χ0v) is 12.0. The number of anilines is 1. The second-order valence-corrected chi connectivity index (χ2v) is 4.88. The summed E-state index contributed by atoms with van der Waals surface area (Å²) in [6.45, 7) is 0. The number of hydrogen-bond acceptors (Lipinski definition) is 2. The molecule has 0 aliphatic carbocycles. The Morgan fingerprint density at radius 1 is 0.955 bits per heavy atom. The van der Waals surface area contributed by atoms with Gasteiger partial charge in [-0.1, -0.05) is 48.5 Å². The second-order valence-electron chi connectivity index (χ2n) is 4.88. The van der Waals surface area contributed by atoms with Crippen LogP contribution in [-0.4, -0.2) is 23.1 Å². The van der Waals surface area contributed by atoms with Gasteiger partial charge in [-0.25, -0.2) is 9.59 Å². The molecule has 2 amide bonds. The smallest absolute Gasteiger partial charge is 0.326 e. The molecule has 0 heterocycles. The third kappa shape index (κ3) is 4.94. The molecule has 5 heteroatoms. The Hall–Kier alpha value is -2.82. The lowest BCUT2D eigenvalue weighted by atomic mass is 10.1. The molecule has 0 saturated carbocycles. The molecular weight excluding hydrogens is 280 g/mol. The lowest BCUT2D eigenvalue weighted by Gasteiger charge is -2.15. The predicted molar refractivity (Wildman–Crippen MR) is 84.8 cm³/mol. The highest BCUT2D eigenvalue weighted by Crippen LogP contribution is 2.07. The van der Waals surface area contributed by atoms with E-state index < -0.39 is 18.0 Å². The summed E-state index contributed by atoms with van der Waals surface area (Å²) in [5.41, 5.74) is 1.66. The number of para-hydroxylation sites is 1. The highest BCUT2D eigenvalue weighted by atomic mass is 16.4. The number of rotatable bonds is 6. The molecule has 0 fully saturated rings. The molecule has 0 saturated heterocycles. The fraction of sp³-hybridized carbons (Fsp3) is 0.176. The van der Waals surface area contributed by atoms with Crippen LogP contribution in [0.1, 0.15) is 12.0 Å². The van der Waals surface area contributed by atoms with Gasteiger partial charge in [0.1, 0.15) is 6.04 Å². The summed E-state index contributed by atoms with van der Waals surface area (Å²) < 4.78 is 0. The van der Waals surface area contributed by atoms with E-state index in [0.29, 0.717) is 18.5 Å². The van der Waals surface area contributed by atoms with Gasteiger partial charge in [0.15, 0.2) is 0 Å². The van der Waals surface area contributed by atoms with Crippen LogP contribution in [-0.2, 0) is 11.2 Å². The van der Waals surface area contributed by atoms with Crippen LogP contribution in [0.15, 0.2) is 60.7 Å². The lowest BCUT2D eigenvalue weighted by Crippen LogP contribution is -2.43. The highest BCUT2D eigenvalue weighted by molar-refractivity contribution is 5.92. The molecule has 2 aromatic carbocycles. The molecule has 2 aromatic rings. The minimum atomic E-state index is -1.04. The highest BCUT2D eigenvalue weighted by Gasteiger charge is 2.19. The minimum Gasteiger partial charge on any atom is -0.480 e. The van der Waals surface area contributed by atoms with E-state index in [2.05, 4.69) is 10.6 Å². The molecule has 0 unspecified atom stereocenters. The van der Waals surface area contributed by atoms with Gasteiger partial charge in [-0.2, -0.15) is 0 Å². The largest absolute Gasteiger partial charge is 0.480 e. The van der Waals surface area contributed by atoms with Crippen molar-refractivity contribution in [1.29, 1.82) is 0 Å². The van der Waals surface area contributed by atoms with Crippen LogP contribution in [0.25, 0.3) is 0 Å². The van der Waals surface area contributed by atoms with Crippen molar-refractivity contribution in [2.75, 3.05) is 5.32 Å². The van der Waals surface area contributed by atoms with Crippen LogP contribution in [0, 0.1) is 0 Å². The van der Waals surface area contributed by atoms with Crippen LogP contribution < -0.4 is 10.6 Å². The number of carboxylic acids is 1. The van der Waals surface area contributed by atoms with Crippen molar-refractivity contribution in [2.45, 2.75) is 18.9 Å². The zero-order valence-electron chi connectivity index (χ0n) is 12.0. The normalized spacial score (nSPS) is 11.5. The molecule has 0 spiro atoms. The fourth-order valence-electron chi connectivity index (χ4n) is 2.06. The molecule has 0 radical (unpaired) electrons. The van der Waals surface area contributed by atoms with Crippen LogP contribution in [0.2, 0.25) is 0 Å². The molecule has 0 bridgehead atoms. The summed E-state index contributed by atoms with van der Waals surface area (Å²) in [6.07, 6.45) is 0.922. The lowest BCUT2D eigenvalue weighted by molar-refractivity contribution is -0.139. The van der Waals surface area contributed by atoms with Crippen LogP contribution in [0.3, 0.4) is 0 Å². The van der Waals surface area contributed by atoms with Crippen molar-refractivity contribution in [3.05, 3.63) is 66.2 Å². The number of benzene rings is 2. The maximum absolute atomic E-state index is 11.9. The summed E-state index contributed by atoms with van der Waals surface area (Å²) in [5.74, 6) is -1.04. The van der Waals surface area contributed by atoms with E-state index in [1.54, 1.807) is 24.3 Å². The van der Waals surface area contributed by atoms with Gasteiger partial charge in [0.25, 0.3) is 0 Å². The Kier molecular flexibility index (Phi) is 5.54. The molecule has 2 rings (SSSR count). The van der Waals surface area contributed by atoms with E-state index in [0.717, 1.165) is 5.56 Å². The number of carbonyl (C=O) groups excluding carboxylic acids is 1. The standard InChI is InChI=1S/C17H18N2O3/c20-16(21)15(12-11-13-7-3-1-4-8-13)19-17(22)18-14-9-5-2-6-10-14/h1-10,15H,11-12H2,(H,20,21)(H2,18,19,22)/t15-/m1/s1. The minimum absolute atomic E-state index is 0.335. The number of hydrogen-bond donors (Lipinski definition) is 3. The van der Waals surface area contributed by atoms with Gasteiger partial charge in [-0.3, -0.25) is 0 Å². The summed E-state index contributed by atoms with van der Waals surface area (Å²) in [5, 5.41) is 14.3. The van der Waals surface area contributed by atoms with Gasteiger partial charge < -0.3 is 15.7 Å². The molecule has 1 atom stereocenters. The van der Waals surface area contributed by atoms with Crippen LogP contribution >= 0.6 is 0 Å². The first-order chi connectivity index (χ1) is 10.6. The van der Waals surface area contributed by atoms with Gasteiger partial charge >= 0.3 is 12.0 Å². The van der Waals surface area contributed by atoms with Crippen molar-refractivity contribution < 1.29 is 14.7 Å². The Balaban J connectivity index is 1.88. The van der Waals surface area contributed by atoms with E-state index in [9.17, 15) is 14.7 Å². The summed E-state index contributed by atoms with van der Waals surface area (Å²) >= 11 is 0. The SMILES string of the molecule is O=C(Nc1ccccc1)N[C@H](CCc1ccccc1)C(=O)O. The number of nitrogens with one attached hydrogen (secondary N) is 2. The monoisotopic (exact) mass is 298 g/mol. The Labute approximate surface area is 129 Å².